The lowest BCUT2D eigenvalue weighted by molar-refractivity contribution is -0.114. The monoisotopic (exact) mass is 332 g/mol. The summed E-state index contributed by atoms with van der Waals surface area (Å²) in [5.74, 6) is 0.372. The summed E-state index contributed by atoms with van der Waals surface area (Å²) < 4.78 is 0. The molecule has 0 saturated heterocycles. The van der Waals surface area contributed by atoms with Crippen molar-refractivity contribution >= 4 is 17.4 Å². The number of pyridine rings is 2. The number of nitrogens with one attached hydrogen (secondary N) is 2. The smallest absolute Gasteiger partial charge is 0.222 e. The highest BCUT2D eigenvalue weighted by Crippen LogP contribution is 2.29. The van der Waals surface area contributed by atoms with E-state index in [-0.39, 0.29) is 5.91 Å². The van der Waals surface area contributed by atoms with Crippen molar-refractivity contribution in [2.45, 2.75) is 13.8 Å². The standard InChI is InChI=1S/C20H20N4O/c1-13-4-5-17(21-3)12-18(13)15-6-8-22-19(10-15)16-7-9-23-20(11-16)24-14(2)25/h4-12,21H,1-3H3,(H,23,24,25). The maximum Gasteiger partial charge on any atom is 0.222 e. The molecule has 0 fully saturated rings. The van der Waals surface area contributed by atoms with E-state index in [1.165, 1.54) is 12.5 Å². The van der Waals surface area contributed by atoms with Crippen molar-refractivity contribution in [2.75, 3.05) is 17.7 Å². The molecule has 3 rings (SSSR count). The SMILES string of the molecule is CNc1ccc(C)c(-c2ccnc(-c3ccnc(NC(C)=O)c3)c2)c1. The Morgan fingerprint density at radius 3 is 2.48 bits per heavy atom. The summed E-state index contributed by atoms with van der Waals surface area (Å²) in [6, 6.07) is 14.0. The van der Waals surface area contributed by atoms with Gasteiger partial charge in [0.2, 0.25) is 5.91 Å². The number of aromatic nitrogens is 2. The normalized spacial score (nSPS) is 10.4. The van der Waals surface area contributed by atoms with Crippen LogP contribution in [0, 0.1) is 6.92 Å². The molecular weight excluding hydrogens is 312 g/mol. The first-order valence-electron chi connectivity index (χ1n) is 8.05. The molecule has 1 aromatic carbocycles. The molecule has 0 aliphatic heterocycles. The Hall–Kier alpha value is -3.21. The van der Waals surface area contributed by atoms with E-state index in [1.54, 1.807) is 12.4 Å². The topological polar surface area (TPSA) is 66.9 Å². The second kappa shape index (κ2) is 7.13. The fourth-order valence-electron chi connectivity index (χ4n) is 2.68. The molecule has 0 saturated carbocycles. The average molecular weight is 332 g/mol. The van der Waals surface area contributed by atoms with Crippen LogP contribution in [0.25, 0.3) is 22.4 Å². The van der Waals surface area contributed by atoms with Crippen LogP contribution in [0.2, 0.25) is 0 Å². The highest BCUT2D eigenvalue weighted by Gasteiger charge is 2.07. The Bertz CT molecular complexity index is 921. The number of nitrogens with zero attached hydrogens (tertiary/aromatic N) is 2. The molecule has 0 aliphatic carbocycles. The van der Waals surface area contributed by atoms with Crippen molar-refractivity contribution in [2.24, 2.45) is 0 Å². The Balaban J connectivity index is 2.01. The van der Waals surface area contributed by atoms with Gasteiger partial charge < -0.3 is 10.6 Å². The van der Waals surface area contributed by atoms with E-state index in [9.17, 15) is 4.79 Å². The van der Waals surface area contributed by atoms with Gasteiger partial charge in [-0.05, 0) is 60.0 Å². The number of benzene rings is 1. The fourth-order valence-corrected chi connectivity index (χ4v) is 2.68. The van der Waals surface area contributed by atoms with Crippen LogP contribution in [0.3, 0.4) is 0 Å². The summed E-state index contributed by atoms with van der Waals surface area (Å²) in [7, 11) is 1.91. The van der Waals surface area contributed by atoms with Gasteiger partial charge in [0, 0.05) is 37.6 Å². The first kappa shape index (κ1) is 16.6. The molecule has 0 radical (unpaired) electrons. The second-order valence-corrected chi connectivity index (χ2v) is 5.82. The van der Waals surface area contributed by atoms with Crippen LogP contribution in [0.5, 0.6) is 0 Å². The number of hydrogen-bond donors (Lipinski definition) is 2. The molecule has 5 heteroatoms. The lowest BCUT2D eigenvalue weighted by Crippen LogP contribution is -2.07. The predicted molar refractivity (Wildman–Crippen MR) is 101 cm³/mol. The summed E-state index contributed by atoms with van der Waals surface area (Å²) in [6.07, 6.45) is 3.47. The van der Waals surface area contributed by atoms with Gasteiger partial charge in [0.25, 0.3) is 0 Å². The fraction of sp³-hybridized carbons (Fsp3) is 0.150. The molecule has 3 aromatic rings. The first-order chi connectivity index (χ1) is 12.1. The van der Waals surface area contributed by atoms with Gasteiger partial charge in [0.1, 0.15) is 5.82 Å². The van der Waals surface area contributed by atoms with Crippen LogP contribution >= 0.6 is 0 Å². The number of carbonyl (C=O) groups excluding carboxylic acids is 1. The number of carbonyl (C=O) groups is 1. The average Bonchev–Trinajstić information content (AvgIpc) is 2.62. The largest absolute Gasteiger partial charge is 0.388 e. The van der Waals surface area contributed by atoms with Crippen molar-refractivity contribution in [1.82, 2.24) is 9.97 Å². The predicted octanol–water partition coefficient (Wildman–Crippen LogP) is 4.12. The van der Waals surface area contributed by atoms with E-state index >= 15 is 0 Å². The molecule has 2 heterocycles. The molecular formula is C20H20N4O. The minimum atomic E-state index is -0.147. The van der Waals surface area contributed by atoms with E-state index < -0.39 is 0 Å². The van der Waals surface area contributed by atoms with E-state index in [1.807, 2.05) is 25.2 Å². The maximum absolute atomic E-state index is 11.2. The Labute approximate surface area is 147 Å². The van der Waals surface area contributed by atoms with Crippen LogP contribution in [0.4, 0.5) is 11.5 Å². The summed E-state index contributed by atoms with van der Waals surface area (Å²) in [6.45, 7) is 3.56. The van der Waals surface area contributed by atoms with Gasteiger partial charge >= 0.3 is 0 Å². The van der Waals surface area contributed by atoms with Crippen LogP contribution in [-0.4, -0.2) is 22.9 Å². The van der Waals surface area contributed by atoms with Gasteiger partial charge in [-0.15, -0.1) is 0 Å². The molecule has 0 bridgehead atoms. The van der Waals surface area contributed by atoms with E-state index in [2.05, 4.69) is 51.8 Å². The van der Waals surface area contributed by atoms with Crippen molar-refractivity contribution < 1.29 is 4.79 Å². The third kappa shape index (κ3) is 3.83. The zero-order chi connectivity index (χ0) is 17.8. The van der Waals surface area contributed by atoms with Crippen LogP contribution < -0.4 is 10.6 Å². The molecule has 2 N–H and O–H groups in total. The minimum Gasteiger partial charge on any atom is -0.388 e. The third-order valence-electron chi connectivity index (χ3n) is 3.96. The summed E-state index contributed by atoms with van der Waals surface area (Å²) in [4.78, 5) is 19.9. The van der Waals surface area contributed by atoms with Crippen LogP contribution in [-0.2, 0) is 4.79 Å². The molecule has 1 amide bonds. The molecule has 2 aromatic heterocycles. The number of amides is 1. The van der Waals surface area contributed by atoms with Crippen molar-refractivity contribution in [3.8, 4) is 22.4 Å². The summed E-state index contributed by atoms with van der Waals surface area (Å²) in [5.41, 5.74) is 6.26. The lowest BCUT2D eigenvalue weighted by Gasteiger charge is -2.11. The number of hydrogen-bond acceptors (Lipinski definition) is 4. The highest BCUT2D eigenvalue weighted by molar-refractivity contribution is 5.88. The summed E-state index contributed by atoms with van der Waals surface area (Å²) in [5, 5.41) is 5.87. The number of aryl methyl sites for hydroxylation is 1. The van der Waals surface area contributed by atoms with Gasteiger partial charge in [-0.3, -0.25) is 9.78 Å². The Morgan fingerprint density at radius 2 is 1.72 bits per heavy atom. The van der Waals surface area contributed by atoms with E-state index in [0.29, 0.717) is 5.82 Å². The number of rotatable bonds is 4. The van der Waals surface area contributed by atoms with Gasteiger partial charge in [0.15, 0.2) is 0 Å². The van der Waals surface area contributed by atoms with Gasteiger partial charge in [0.05, 0.1) is 5.69 Å². The zero-order valence-electron chi connectivity index (χ0n) is 14.5. The van der Waals surface area contributed by atoms with E-state index in [4.69, 9.17) is 0 Å². The third-order valence-corrected chi connectivity index (χ3v) is 3.96. The quantitative estimate of drug-likeness (QED) is 0.754. The molecule has 5 nitrogen and oxygen atoms in total. The molecule has 126 valence electrons. The minimum absolute atomic E-state index is 0.147. The molecule has 25 heavy (non-hydrogen) atoms. The highest BCUT2D eigenvalue weighted by atomic mass is 16.1. The summed E-state index contributed by atoms with van der Waals surface area (Å²) >= 11 is 0. The Kier molecular flexibility index (Phi) is 4.75. The molecule has 0 unspecified atom stereocenters. The zero-order valence-corrected chi connectivity index (χ0v) is 14.5. The first-order valence-corrected chi connectivity index (χ1v) is 8.05. The van der Waals surface area contributed by atoms with Crippen LogP contribution in [0.1, 0.15) is 12.5 Å². The van der Waals surface area contributed by atoms with Crippen LogP contribution in [0.15, 0.2) is 54.9 Å². The van der Waals surface area contributed by atoms with Gasteiger partial charge in [-0.25, -0.2) is 4.98 Å². The van der Waals surface area contributed by atoms with Gasteiger partial charge in [-0.2, -0.15) is 0 Å². The van der Waals surface area contributed by atoms with Crippen molar-refractivity contribution in [3.05, 3.63) is 60.4 Å². The molecule has 0 atom stereocenters. The Morgan fingerprint density at radius 1 is 0.960 bits per heavy atom. The lowest BCUT2D eigenvalue weighted by atomic mass is 9.99. The van der Waals surface area contributed by atoms with Crippen molar-refractivity contribution in [3.63, 3.8) is 0 Å². The van der Waals surface area contributed by atoms with E-state index in [0.717, 1.165) is 28.1 Å². The molecule has 0 spiro atoms. The molecule has 0 aliphatic rings. The van der Waals surface area contributed by atoms with Gasteiger partial charge in [-0.1, -0.05) is 6.07 Å². The number of anilines is 2. The van der Waals surface area contributed by atoms with Crippen molar-refractivity contribution in [1.29, 1.82) is 0 Å². The second-order valence-electron chi connectivity index (χ2n) is 5.82. The maximum atomic E-state index is 11.2.